The Bertz CT molecular complexity index is 507. The maximum absolute atomic E-state index is 6.02. The molecule has 2 rings (SSSR count). The summed E-state index contributed by atoms with van der Waals surface area (Å²) in [6.45, 7) is 5.08. The van der Waals surface area contributed by atoms with Crippen molar-refractivity contribution in [3.8, 4) is 0 Å². The number of hydrogen-bond acceptors (Lipinski definition) is 2. The second-order valence-corrected chi connectivity index (χ2v) is 4.85. The van der Waals surface area contributed by atoms with Gasteiger partial charge in [0.1, 0.15) is 5.76 Å². The number of furan rings is 1. The Hall–Kier alpha value is -1.25. The molecule has 2 aromatic rings. The second-order valence-electron chi connectivity index (χ2n) is 4.41. The van der Waals surface area contributed by atoms with Crippen molar-refractivity contribution in [3.63, 3.8) is 0 Å². The minimum absolute atomic E-state index is 0.198. The van der Waals surface area contributed by atoms with Crippen molar-refractivity contribution in [1.82, 2.24) is 5.32 Å². The van der Waals surface area contributed by atoms with Gasteiger partial charge in [-0.1, -0.05) is 30.7 Å². The summed E-state index contributed by atoms with van der Waals surface area (Å²) in [5.74, 6) is 1.01. The number of hydrogen-bond donors (Lipinski definition) is 1. The Morgan fingerprint density at radius 3 is 2.78 bits per heavy atom. The first-order valence-electron chi connectivity index (χ1n) is 6.22. The van der Waals surface area contributed by atoms with E-state index in [0.29, 0.717) is 0 Å². The summed E-state index contributed by atoms with van der Waals surface area (Å²) in [6.07, 6.45) is 2.62. The van der Waals surface area contributed by atoms with Gasteiger partial charge in [0.05, 0.1) is 12.3 Å². The van der Waals surface area contributed by atoms with Crippen LogP contribution >= 0.6 is 11.6 Å². The van der Waals surface area contributed by atoms with Gasteiger partial charge in [0.15, 0.2) is 0 Å². The Balaban J connectivity index is 2.19. The molecule has 1 heterocycles. The molecule has 1 unspecified atom stereocenters. The number of likely N-dealkylation sites (N-methyl/N-ethyl adjacent to an activating group) is 1. The third-order valence-electron chi connectivity index (χ3n) is 3.00. The van der Waals surface area contributed by atoms with E-state index >= 15 is 0 Å². The molecule has 0 saturated heterocycles. The number of halogens is 1. The molecule has 0 radical (unpaired) electrons. The molecule has 0 aliphatic heterocycles. The minimum Gasteiger partial charge on any atom is -0.467 e. The molecule has 0 amide bonds. The van der Waals surface area contributed by atoms with Crippen LogP contribution in [0.25, 0.3) is 0 Å². The van der Waals surface area contributed by atoms with Crippen molar-refractivity contribution in [2.75, 3.05) is 6.54 Å². The predicted molar refractivity (Wildman–Crippen MR) is 75.0 cm³/mol. The quantitative estimate of drug-likeness (QED) is 0.877. The van der Waals surface area contributed by atoms with Crippen LogP contribution in [-0.4, -0.2) is 6.54 Å². The molecular weight excluding hydrogens is 246 g/mol. The molecule has 1 aromatic carbocycles. The summed E-state index contributed by atoms with van der Waals surface area (Å²) in [5, 5.41) is 4.23. The average molecular weight is 264 g/mol. The lowest BCUT2D eigenvalue weighted by molar-refractivity contribution is 0.413. The van der Waals surface area contributed by atoms with Gasteiger partial charge in [-0.15, -0.1) is 0 Å². The molecule has 1 N–H and O–H groups in total. The van der Waals surface area contributed by atoms with E-state index in [1.54, 1.807) is 6.26 Å². The average Bonchev–Trinajstić information content (AvgIpc) is 2.75. The number of aryl methyl sites for hydroxylation is 1. The summed E-state index contributed by atoms with van der Waals surface area (Å²) in [7, 11) is 0. The van der Waals surface area contributed by atoms with Gasteiger partial charge in [0.2, 0.25) is 0 Å². The summed E-state index contributed by atoms with van der Waals surface area (Å²) in [6, 6.07) is 10.2. The highest BCUT2D eigenvalue weighted by atomic mass is 35.5. The van der Waals surface area contributed by atoms with E-state index in [2.05, 4.69) is 25.2 Å². The van der Waals surface area contributed by atoms with Gasteiger partial charge in [0, 0.05) is 5.02 Å². The molecule has 0 aliphatic rings. The molecule has 1 atom stereocenters. The molecule has 0 bridgehead atoms. The van der Waals surface area contributed by atoms with Crippen LogP contribution in [0.5, 0.6) is 0 Å². The van der Waals surface area contributed by atoms with Crippen LogP contribution in [0.3, 0.4) is 0 Å². The van der Waals surface area contributed by atoms with Gasteiger partial charge in [-0.05, 0) is 49.2 Å². The Morgan fingerprint density at radius 2 is 2.17 bits per heavy atom. The molecule has 2 nitrogen and oxygen atoms in total. The second kappa shape index (κ2) is 6.07. The zero-order valence-corrected chi connectivity index (χ0v) is 11.5. The third kappa shape index (κ3) is 3.15. The first-order chi connectivity index (χ1) is 8.70. The molecular formula is C15H18ClNO. The van der Waals surface area contributed by atoms with Crippen LogP contribution in [0.4, 0.5) is 0 Å². The first-order valence-corrected chi connectivity index (χ1v) is 6.60. The number of benzene rings is 1. The van der Waals surface area contributed by atoms with Crippen LogP contribution in [0.1, 0.15) is 29.9 Å². The maximum atomic E-state index is 6.02. The molecule has 0 spiro atoms. The molecule has 0 fully saturated rings. The van der Waals surface area contributed by atoms with E-state index in [1.807, 2.05) is 24.3 Å². The summed E-state index contributed by atoms with van der Waals surface area (Å²) in [5.41, 5.74) is 2.40. The normalized spacial score (nSPS) is 12.6. The lowest BCUT2D eigenvalue weighted by Gasteiger charge is -2.16. The molecule has 0 saturated carbocycles. The van der Waals surface area contributed by atoms with Gasteiger partial charge in [-0.3, -0.25) is 0 Å². The first kappa shape index (κ1) is 13.2. The molecule has 3 heteroatoms. The van der Waals surface area contributed by atoms with E-state index in [9.17, 15) is 0 Å². The van der Waals surface area contributed by atoms with Crippen molar-refractivity contribution in [3.05, 3.63) is 58.5 Å². The van der Waals surface area contributed by atoms with Crippen molar-refractivity contribution in [2.24, 2.45) is 0 Å². The Labute approximate surface area is 113 Å². The van der Waals surface area contributed by atoms with E-state index < -0.39 is 0 Å². The fraction of sp³-hybridized carbons (Fsp3) is 0.333. The maximum Gasteiger partial charge on any atom is 0.123 e. The van der Waals surface area contributed by atoms with Crippen molar-refractivity contribution >= 4 is 11.6 Å². The smallest absolute Gasteiger partial charge is 0.123 e. The SMILES string of the molecule is CCNC(Cc1cccc(Cl)c1)c1occc1C. The predicted octanol–water partition coefficient (Wildman–Crippen LogP) is 4.13. The van der Waals surface area contributed by atoms with E-state index in [0.717, 1.165) is 23.7 Å². The third-order valence-corrected chi connectivity index (χ3v) is 3.23. The Kier molecular flexibility index (Phi) is 4.45. The largest absolute Gasteiger partial charge is 0.467 e. The van der Waals surface area contributed by atoms with Crippen molar-refractivity contribution in [1.29, 1.82) is 0 Å². The fourth-order valence-electron chi connectivity index (χ4n) is 2.15. The van der Waals surface area contributed by atoms with Gasteiger partial charge >= 0.3 is 0 Å². The highest BCUT2D eigenvalue weighted by molar-refractivity contribution is 6.30. The van der Waals surface area contributed by atoms with Gasteiger partial charge in [-0.25, -0.2) is 0 Å². The fourth-order valence-corrected chi connectivity index (χ4v) is 2.36. The van der Waals surface area contributed by atoms with E-state index in [1.165, 1.54) is 11.1 Å². The van der Waals surface area contributed by atoms with Crippen molar-refractivity contribution in [2.45, 2.75) is 26.3 Å². The Morgan fingerprint density at radius 1 is 1.33 bits per heavy atom. The molecule has 1 aromatic heterocycles. The monoisotopic (exact) mass is 263 g/mol. The van der Waals surface area contributed by atoms with Gasteiger partial charge in [0.25, 0.3) is 0 Å². The number of nitrogens with one attached hydrogen (secondary N) is 1. The minimum atomic E-state index is 0.198. The summed E-state index contributed by atoms with van der Waals surface area (Å²) < 4.78 is 5.59. The standard InChI is InChI=1S/C15H18ClNO/c1-3-17-14(15-11(2)7-8-18-15)10-12-5-4-6-13(16)9-12/h4-9,14,17H,3,10H2,1-2H3. The summed E-state index contributed by atoms with van der Waals surface area (Å²) in [4.78, 5) is 0. The van der Waals surface area contributed by atoms with Gasteiger partial charge in [-0.2, -0.15) is 0 Å². The van der Waals surface area contributed by atoms with Crippen LogP contribution < -0.4 is 5.32 Å². The topological polar surface area (TPSA) is 25.2 Å². The number of rotatable bonds is 5. The lowest BCUT2D eigenvalue weighted by atomic mass is 10.0. The molecule has 0 aliphatic carbocycles. The van der Waals surface area contributed by atoms with E-state index in [4.69, 9.17) is 16.0 Å². The zero-order valence-electron chi connectivity index (χ0n) is 10.7. The highest BCUT2D eigenvalue weighted by Crippen LogP contribution is 2.23. The van der Waals surface area contributed by atoms with Crippen molar-refractivity contribution < 1.29 is 4.42 Å². The molecule has 96 valence electrons. The zero-order chi connectivity index (χ0) is 13.0. The van der Waals surface area contributed by atoms with Crippen LogP contribution in [0, 0.1) is 6.92 Å². The molecule has 18 heavy (non-hydrogen) atoms. The lowest BCUT2D eigenvalue weighted by Crippen LogP contribution is -2.23. The van der Waals surface area contributed by atoms with Gasteiger partial charge < -0.3 is 9.73 Å². The van der Waals surface area contributed by atoms with Crippen LogP contribution in [-0.2, 0) is 6.42 Å². The van der Waals surface area contributed by atoms with Crippen LogP contribution in [0.15, 0.2) is 41.0 Å². The van der Waals surface area contributed by atoms with Crippen LogP contribution in [0.2, 0.25) is 5.02 Å². The van der Waals surface area contributed by atoms with E-state index in [-0.39, 0.29) is 6.04 Å². The highest BCUT2D eigenvalue weighted by Gasteiger charge is 2.16. The summed E-state index contributed by atoms with van der Waals surface area (Å²) >= 11 is 6.02.